The zero-order valence-corrected chi connectivity index (χ0v) is 14.4. The molecule has 0 fully saturated rings. The predicted molar refractivity (Wildman–Crippen MR) is 97.0 cm³/mol. The van der Waals surface area contributed by atoms with Crippen molar-refractivity contribution >= 4 is 32.7 Å². The van der Waals surface area contributed by atoms with Crippen molar-refractivity contribution in [2.45, 2.75) is 6.42 Å². The van der Waals surface area contributed by atoms with E-state index in [0.717, 1.165) is 23.1 Å². The first-order valence-corrected chi connectivity index (χ1v) is 9.59. The number of carbonyl (C=O) groups excluding carboxylic acids is 1. The Morgan fingerprint density at radius 2 is 1.96 bits per heavy atom. The van der Waals surface area contributed by atoms with Gasteiger partial charge in [-0.15, -0.1) is 0 Å². The quantitative estimate of drug-likeness (QED) is 0.626. The number of fused-ring (bicyclic) bond motifs is 1. The summed E-state index contributed by atoms with van der Waals surface area (Å²) in [5.41, 5.74) is 2.59. The lowest BCUT2D eigenvalue weighted by molar-refractivity contribution is 0.0954. The molecule has 1 aromatic heterocycles. The monoisotopic (exact) mass is 358 g/mol. The molecule has 0 aliphatic carbocycles. The number of para-hydroxylation sites is 2. The third-order valence-corrected chi connectivity index (χ3v) is 4.12. The number of aromatic nitrogens is 2. The maximum atomic E-state index is 12.2. The van der Waals surface area contributed by atoms with Crippen LogP contribution in [0.1, 0.15) is 16.2 Å². The molecule has 2 aromatic carbocycles. The van der Waals surface area contributed by atoms with Crippen LogP contribution < -0.4 is 10.0 Å². The molecule has 25 heavy (non-hydrogen) atoms. The van der Waals surface area contributed by atoms with E-state index in [1.807, 2.05) is 24.3 Å². The number of nitrogens with one attached hydrogen (secondary N) is 3. The lowest BCUT2D eigenvalue weighted by atomic mass is 10.2. The van der Waals surface area contributed by atoms with E-state index in [1.165, 1.54) is 6.07 Å². The molecule has 8 heteroatoms. The van der Waals surface area contributed by atoms with Gasteiger partial charge in [-0.1, -0.05) is 18.2 Å². The fourth-order valence-electron chi connectivity index (χ4n) is 2.46. The highest BCUT2D eigenvalue weighted by Gasteiger charge is 2.09. The molecule has 0 atom stereocenters. The molecule has 3 aromatic rings. The van der Waals surface area contributed by atoms with Crippen molar-refractivity contribution in [3.63, 3.8) is 0 Å². The summed E-state index contributed by atoms with van der Waals surface area (Å²) >= 11 is 0. The number of anilines is 1. The Balaban J connectivity index is 1.59. The molecule has 1 heterocycles. The van der Waals surface area contributed by atoms with Crippen molar-refractivity contribution in [2.75, 3.05) is 17.5 Å². The van der Waals surface area contributed by atoms with Gasteiger partial charge in [0.25, 0.3) is 5.91 Å². The summed E-state index contributed by atoms with van der Waals surface area (Å²) in [4.78, 5) is 19.9. The molecule has 0 saturated carbocycles. The molecule has 3 rings (SSSR count). The number of nitrogens with zero attached hydrogens (tertiary/aromatic N) is 1. The minimum atomic E-state index is -3.38. The maximum absolute atomic E-state index is 12.2. The SMILES string of the molecule is CS(=O)(=O)Nc1cccc(C(=O)NCCc2nc3ccccc3[nH]2)c1. The third-order valence-electron chi connectivity index (χ3n) is 3.51. The average molecular weight is 358 g/mol. The van der Waals surface area contributed by atoms with Crippen molar-refractivity contribution in [1.29, 1.82) is 0 Å². The van der Waals surface area contributed by atoms with Gasteiger partial charge in [0.05, 0.1) is 17.3 Å². The molecule has 0 unspecified atom stereocenters. The van der Waals surface area contributed by atoms with E-state index in [9.17, 15) is 13.2 Å². The number of hydrogen-bond donors (Lipinski definition) is 3. The Morgan fingerprint density at radius 1 is 1.16 bits per heavy atom. The Kier molecular flexibility index (Phi) is 4.71. The van der Waals surface area contributed by atoms with Gasteiger partial charge in [-0.2, -0.15) is 0 Å². The fourth-order valence-corrected chi connectivity index (χ4v) is 3.01. The molecule has 0 spiro atoms. The second-order valence-electron chi connectivity index (χ2n) is 5.66. The van der Waals surface area contributed by atoms with Gasteiger partial charge >= 0.3 is 0 Å². The standard InChI is InChI=1S/C17H18N4O3S/c1-25(23,24)21-13-6-4-5-12(11-13)17(22)18-10-9-16-19-14-7-2-3-8-15(14)20-16/h2-8,11,21H,9-10H2,1H3,(H,18,22)(H,19,20). The molecule has 7 nitrogen and oxygen atoms in total. The number of rotatable bonds is 6. The number of amides is 1. The highest BCUT2D eigenvalue weighted by molar-refractivity contribution is 7.92. The van der Waals surface area contributed by atoms with Crippen LogP contribution >= 0.6 is 0 Å². The summed E-state index contributed by atoms with van der Waals surface area (Å²) in [6.45, 7) is 0.419. The summed E-state index contributed by atoms with van der Waals surface area (Å²) < 4.78 is 24.9. The first kappa shape index (κ1) is 17.0. The largest absolute Gasteiger partial charge is 0.352 e. The Bertz CT molecular complexity index is 978. The van der Waals surface area contributed by atoms with Crippen molar-refractivity contribution in [3.8, 4) is 0 Å². The van der Waals surface area contributed by atoms with Gasteiger partial charge in [-0.25, -0.2) is 13.4 Å². The third kappa shape index (κ3) is 4.57. The van der Waals surface area contributed by atoms with Gasteiger partial charge in [-0.3, -0.25) is 9.52 Å². The predicted octanol–water partition coefficient (Wildman–Crippen LogP) is 1.91. The zero-order valence-electron chi connectivity index (χ0n) is 13.6. The van der Waals surface area contributed by atoms with Crippen LogP contribution in [0.5, 0.6) is 0 Å². The molecule has 0 radical (unpaired) electrons. The van der Waals surface area contributed by atoms with Crippen molar-refractivity contribution in [2.24, 2.45) is 0 Å². The fraction of sp³-hybridized carbons (Fsp3) is 0.176. The van der Waals surface area contributed by atoms with Crippen LogP contribution in [0.25, 0.3) is 11.0 Å². The van der Waals surface area contributed by atoms with E-state index < -0.39 is 10.0 Å². The normalized spacial score (nSPS) is 11.4. The maximum Gasteiger partial charge on any atom is 0.251 e. The topological polar surface area (TPSA) is 104 Å². The number of carbonyl (C=O) groups is 1. The summed E-state index contributed by atoms with van der Waals surface area (Å²) in [5.74, 6) is 0.530. The van der Waals surface area contributed by atoms with E-state index in [4.69, 9.17) is 0 Å². The number of imidazole rings is 1. The molecule has 0 aliphatic heterocycles. The lowest BCUT2D eigenvalue weighted by Gasteiger charge is -2.07. The van der Waals surface area contributed by atoms with Crippen LogP contribution in [0, 0.1) is 0 Å². The van der Waals surface area contributed by atoms with Gasteiger partial charge in [0, 0.05) is 24.2 Å². The van der Waals surface area contributed by atoms with Gasteiger partial charge in [0.2, 0.25) is 10.0 Å². The first-order chi connectivity index (χ1) is 11.9. The van der Waals surface area contributed by atoms with Crippen LogP contribution in [0.3, 0.4) is 0 Å². The summed E-state index contributed by atoms with van der Waals surface area (Å²) in [6.07, 6.45) is 1.63. The van der Waals surface area contributed by atoms with Crippen molar-refractivity contribution in [1.82, 2.24) is 15.3 Å². The van der Waals surface area contributed by atoms with Crippen molar-refractivity contribution < 1.29 is 13.2 Å². The molecule has 1 amide bonds. The second kappa shape index (κ2) is 6.94. The molecule has 0 saturated heterocycles. The molecule has 130 valence electrons. The molecular weight excluding hydrogens is 340 g/mol. The molecule has 0 aliphatic rings. The van der Waals surface area contributed by atoms with Crippen LogP contribution in [-0.4, -0.2) is 37.1 Å². The van der Waals surface area contributed by atoms with E-state index in [2.05, 4.69) is 20.0 Å². The number of benzene rings is 2. The Labute approximate surface area is 145 Å². The van der Waals surface area contributed by atoms with E-state index >= 15 is 0 Å². The lowest BCUT2D eigenvalue weighted by Crippen LogP contribution is -2.26. The highest BCUT2D eigenvalue weighted by atomic mass is 32.2. The van der Waals surface area contributed by atoms with Crippen LogP contribution in [0.15, 0.2) is 48.5 Å². The number of sulfonamides is 1. The van der Waals surface area contributed by atoms with E-state index in [-0.39, 0.29) is 5.91 Å². The zero-order chi connectivity index (χ0) is 17.9. The average Bonchev–Trinajstić information content (AvgIpc) is 2.96. The van der Waals surface area contributed by atoms with Gasteiger partial charge in [-0.05, 0) is 30.3 Å². The van der Waals surface area contributed by atoms with Gasteiger partial charge < -0.3 is 10.3 Å². The Hall–Kier alpha value is -2.87. The van der Waals surface area contributed by atoms with Crippen LogP contribution in [0.4, 0.5) is 5.69 Å². The number of aromatic amines is 1. The minimum Gasteiger partial charge on any atom is -0.352 e. The Morgan fingerprint density at radius 3 is 2.72 bits per heavy atom. The van der Waals surface area contributed by atoms with E-state index in [1.54, 1.807) is 18.2 Å². The molecule has 3 N–H and O–H groups in total. The summed E-state index contributed by atoms with van der Waals surface area (Å²) in [5, 5.41) is 2.81. The van der Waals surface area contributed by atoms with Gasteiger partial charge in [0.1, 0.15) is 5.82 Å². The van der Waals surface area contributed by atoms with Gasteiger partial charge in [0.15, 0.2) is 0 Å². The first-order valence-electron chi connectivity index (χ1n) is 7.70. The molecule has 0 bridgehead atoms. The minimum absolute atomic E-state index is 0.270. The summed E-state index contributed by atoms with van der Waals surface area (Å²) in [6, 6.07) is 14.1. The number of hydrogen-bond acceptors (Lipinski definition) is 4. The van der Waals surface area contributed by atoms with Crippen LogP contribution in [0.2, 0.25) is 0 Å². The van der Waals surface area contributed by atoms with E-state index in [0.29, 0.717) is 24.2 Å². The van der Waals surface area contributed by atoms with Crippen LogP contribution in [-0.2, 0) is 16.4 Å². The summed E-state index contributed by atoms with van der Waals surface area (Å²) in [7, 11) is -3.38. The number of H-pyrrole nitrogens is 1. The second-order valence-corrected chi connectivity index (χ2v) is 7.41. The highest BCUT2D eigenvalue weighted by Crippen LogP contribution is 2.12. The smallest absolute Gasteiger partial charge is 0.251 e. The van der Waals surface area contributed by atoms with Crippen molar-refractivity contribution in [3.05, 3.63) is 59.9 Å². The molecular formula is C17H18N4O3S.